The third kappa shape index (κ3) is 1.73. The second-order valence-electron chi connectivity index (χ2n) is 4.98. The normalized spacial score (nSPS) is 19.1. The Morgan fingerprint density at radius 1 is 1.44 bits per heavy atom. The van der Waals surface area contributed by atoms with Gasteiger partial charge in [-0.15, -0.1) is 0 Å². The standard InChI is InChI=1S/C14H19NO/c1-9(2)15-8-10(3)13-7-12(11(4)16)5-6-14(13)15/h5-7,9-10H,8H2,1-4H3. The number of ketones is 1. The second-order valence-corrected chi connectivity index (χ2v) is 4.98. The third-order valence-electron chi connectivity index (χ3n) is 3.37. The Bertz CT molecular complexity index is 423. The van der Waals surface area contributed by atoms with Crippen LogP contribution in [0, 0.1) is 0 Å². The number of benzene rings is 1. The van der Waals surface area contributed by atoms with Gasteiger partial charge in [0, 0.05) is 29.8 Å². The molecule has 1 heterocycles. The number of anilines is 1. The molecule has 0 bridgehead atoms. The minimum atomic E-state index is 0.151. The molecule has 1 aliphatic heterocycles. The van der Waals surface area contributed by atoms with Crippen molar-refractivity contribution in [2.24, 2.45) is 0 Å². The van der Waals surface area contributed by atoms with Gasteiger partial charge in [-0.3, -0.25) is 4.79 Å². The summed E-state index contributed by atoms with van der Waals surface area (Å²) in [5.74, 6) is 0.676. The van der Waals surface area contributed by atoms with Crippen LogP contribution in [0.2, 0.25) is 0 Å². The van der Waals surface area contributed by atoms with E-state index >= 15 is 0 Å². The van der Waals surface area contributed by atoms with Crippen molar-refractivity contribution in [2.45, 2.75) is 39.7 Å². The van der Waals surface area contributed by atoms with Crippen molar-refractivity contribution in [3.05, 3.63) is 29.3 Å². The summed E-state index contributed by atoms with van der Waals surface area (Å²) in [6.45, 7) is 9.34. The van der Waals surface area contributed by atoms with Crippen LogP contribution >= 0.6 is 0 Å². The SMILES string of the molecule is CC(=O)c1ccc2c(c1)C(C)CN2C(C)C. The average Bonchev–Trinajstić information content (AvgIpc) is 2.56. The largest absolute Gasteiger partial charge is 0.368 e. The Balaban J connectivity index is 2.45. The molecule has 0 radical (unpaired) electrons. The number of carbonyl (C=O) groups excluding carboxylic acids is 1. The topological polar surface area (TPSA) is 20.3 Å². The molecule has 0 saturated heterocycles. The summed E-state index contributed by atoms with van der Waals surface area (Å²) >= 11 is 0. The lowest BCUT2D eigenvalue weighted by molar-refractivity contribution is 0.101. The summed E-state index contributed by atoms with van der Waals surface area (Å²) < 4.78 is 0. The summed E-state index contributed by atoms with van der Waals surface area (Å²) in [7, 11) is 0. The molecule has 0 fully saturated rings. The monoisotopic (exact) mass is 217 g/mol. The Morgan fingerprint density at radius 3 is 2.69 bits per heavy atom. The van der Waals surface area contributed by atoms with E-state index in [2.05, 4.69) is 37.8 Å². The summed E-state index contributed by atoms with van der Waals surface area (Å²) in [6.07, 6.45) is 0. The Kier molecular flexibility index (Phi) is 2.75. The fraction of sp³-hybridized carbons (Fsp3) is 0.500. The molecule has 0 aliphatic carbocycles. The highest BCUT2D eigenvalue weighted by molar-refractivity contribution is 5.95. The number of nitrogens with zero attached hydrogens (tertiary/aromatic N) is 1. The van der Waals surface area contributed by atoms with E-state index in [0.717, 1.165) is 12.1 Å². The van der Waals surface area contributed by atoms with Crippen LogP contribution in [0.25, 0.3) is 0 Å². The molecule has 1 aromatic rings. The highest BCUT2D eigenvalue weighted by Gasteiger charge is 2.27. The van der Waals surface area contributed by atoms with Crippen LogP contribution in [0.4, 0.5) is 5.69 Å². The predicted octanol–water partition coefficient (Wildman–Crippen LogP) is 3.22. The molecule has 0 saturated carbocycles. The second kappa shape index (κ2) is 3.93. The highest BCUT2D eigenvalue weighted by Crippen LogP contribution is 2.37. The van der Waals surface area contributed by atoms with Crippen molar-refractivity contribution in [3.8, 4) is 0 Å². The molecule has 1 aliphatic rings. The van der Waals surface area contributed by atoms with Gasteiger partial charge in [0.2, 0.25) is 0 Å². The van der Waals surface area contributed by atoms with Gasteiger partial charge >= 0.3 is 0 Å². The van der Waals surface area contributed by atoms with E-state index in [9.17, 15) is 4.79 Å². The van der Waals surface area contributed by atoms with Crippen molar-refractivity contribution in [1.82, 2.24) is 0 Å². The van der Waals surface area contributed by atoms with Gasteiger partial charge in [0.1, 0.15) is 0 Å². The molecular weight excluding hydrogens is 198 g/mol. The first-order valence-corrected chi connectivity index (χ1v) is 5.92. The van der Waals surface area contributed by atoms with Crippen molar-refractivity contribution in [2.75, 3.05) is 11.4 Å². The molecule has 0 N–H and O–H groups in total. The quantitative estimate of drug-likeness (QED) is 0.709. The molecule has 2 nitrogen and oxygen atoms in total. The zero-order valence-electron chi connectivity index (χ0n) is 10.4. The van der Waals surface area contributed by atoms with Crippen LogP contribution in [-0.2, 0) is 0 Å². The molecule has 1 aromatic carbocycles. The van der Waals surface area contributed by atoms with Crippen LogP contribution in [0.5, 0.6) is 0 Å². The Hall–Kier alpha value is -1.31. The Morgan fingerprint density at radius 2 is 2.12 bits per heavy atom. The molecule has 0 spiro atoms. The van der Waals surface area contributed by atoms with Gasteiger partial charge in [-0.1, -0.05) is 6.92 Å². The van der Waals surface area contributed by atoms with Crippen molar-refractivity contribution < 1.29 is 4.79 Å². The van der Waals surface area contributed by atoms with Gasteiger partial charge in [0.05, 0.1) is 0 Å². The minimum Gasteiger partial charge on any atom is -0.368 e. The highest BCUT2D eigenvalue weighted by atomic mass is 16.1. The van der Waals surface area contributed by atoms with Gasteiger partial charge in [-0.05, 0) is 44.5 Å². The number of hydrogen-bond acceptors (Lipinski definition) is 2. The number of rotatable bonds is 2. The van der Waals surface area contributed by atoms with Crippen LogP contribution in [0.15, 0.2) is 18.2 Å². The zero-order chi connectivity index (χ0) is 11.9. The summed E-state index contributed by atoms with van der Waals surface area (Å²) in [5, 5.41) is 0. The lowest BCUT2D eigenvalue weighted by atomic mass is 10.00. The zero-order valence-corrected chi connectivity index (χ0v) is 10.4. The first-order valence-electron chi connectivity index (χ1n) is 5.92. The molecule has 2 rings (SSSR count). The van der Waals surface area contributed by atoms with E-state index in [1.54, 1.807) is 6.92 Å². The maximum Gasteiger partial charge on any atom is 0.159 e. The van der Waals surface area contributed by atoms with E-state index in [-0.39, 0.29) is 5.78 Å². The summed E-state index contributed by atoms with van der Waals surface area (Å²) in [4.78, 5) is 13.8. The van der Waals surface area contributed by atoms with E-state index in [0.29, 0.717) is 12.0 Å². The molecular formula is C14H19NO. The fourth-order valence-corrected chi connectivity index (χ4v) is 2.41. The number of hydrogen-bond donors (Lipinski definition) is 0. The maximum absolute atomic E-state index is 11.4. The van der Waals surface area contributed by atoms with Gasteiger partial charge in [-0.2, -0.15) is 0 Å². The summed E-state index contributed by atoms with van der Waals surface area (Å²) in [5.41, 5.74) is 3.45. The average molecular weight is 217 g/mol. The fourth-order valence-electron chi connectivity index (χ4n) is 2.41. The Labute approximate surface area is 97.3 Å². The minimum absolute atomic E-state index is 0.151. The summed E-state index contributed by atoms with van der Waals surface area (Å²) in [6, 6.07) is 6.61. The van der Waals surface area contributed by atoms with E-state index < -0.39 is 0 Å². The van der Waals surface area contributed by atoms with Crippen LogP contribution in [0.3, 0.4) is 0 Å². The van der Waals surface area contributed by atoms with Gasteiger partial charge in [-0.25, -0.2) is 0 Å². The molecule has 2 heteroatoms. The molecule has 0 aromatic heterocycles. The third-order valence-corrected chi connectivity index (χ3v) is 3.37. The van der Waals surface area contributed by atoms with E-state index in [1.807, 2.05) is 6.07 Å². The first kappa shape index (κ1) is 11.2. The lowest BCUT2D eigenvalue weighted by Crippen LogP contribution is -2.28. The molecule has 16 heavy (non-hydrogen) atoms. The van der Waals surface area contributed by atoms with E-state index in [4.69, 9.17) is 0 Å². The lowest BCUT2D eigenvalue weighted by Gasteiger charge is -2.24. The maximum atomic E-state index is 11.4. The van der Waals surface area contributed by atoms with Gasteiger partial charge < -0.3 is 4.90 Å². The van der Waals surface area contributed by atoms with Crippen molar-refractivity contribution in [3.63, 3.8) is 0 Å². The van der Waals surface area contributed by atoms with Crippen LogP contribution in [-0.4, -0.2) is 18.4 Å². The van der Waals surface area contributed by atoms with E-state index in [1.165, 1.54) is 11.3 Å². The number of fused-ring (bicyclic) bond motifs is 1. The smallest absolute Gasteiger partial charge is 0.159 e. The number of Topliss-reactive ketones (excluding diaryl/α,β-unsaturated/α-hetero) is 1. The molecule has 1 unspecified atom stereocenters. The molecule has 1 atom stereocenters. The van der Waals surface area contributed by atoms with Crippen LogP contribution < -0.4 is 4.90 Å². The molecule has 86 valence electrons. The van der Waals surface area contributed by atoms with Crippen molar-refractivity contribution in [1.29, 1.82) is 0 Å². The first-order chi connectivity index (χ1) is 7.50. The van der Waals surface area contributed by atoms with Gasteiger partial charge in [0.25, 0.3) is 0 Å². The molecule has 0 amide bonds. The van der Waals surface area contributed by atoms with Crippen molar-refractivity contribution >= 4 is 11.5 Å². The van der Waals surface area contributed by atoms with Gasteiger partial charge in [0.15, 0.2) is 5.78 Å². The number of carbonyl (C=O) groups is 1. The van der Waals surface area contributed by atoms with Crippen LogP contribution in [0.1, 0.15) is 49.5 Å². The predicted molar refractivity (Wildman–Crippen MR) is 67.3 cm³/mol.